The van der Waals surface area contributed by atoms with Crippen molar-refractivity contribution in [2.75, 3.05) is 14.2 Å². The number of nitrogens with one attached hydrogen (secondary N) is 1. The van der Waals surface area contributed by atoms with Crippen molar-refractivity contribution in [1.29, 1.82) is 0 Å². The first-order valence-electron chi connectivity index (χ1n) is 7.24. The summed E-state index contributed by atoms with van der Waals surface area (Å²) in [6, 6.07) is 12.4. The highest BCUT2D eigenvalue weighted by atomic mass is 16.5. The summed E-state index contributed by atoms with van der Waals surface area (Å²) in [5, 5.41) is 1.21. The number of fused-ring (bicyclic) bond motifs is 5. The maximum absolute atomic E-state index is 5.82. The molecule has 0 saturated carbocycles. The van der Waals surface area contributed by atoms with Crippen LogP contribution in [0.1, 0.15) is 11.3 Å². The largest absolute Gasteiger partial charge is 0.493 e. The number of aromatic amines is 1. The number of hydrogen-bond acceptors (Lipinski definition) is 3. The Hall–Kier alpha value is -2.46. The molecule has 0 saturated heterocycles. The van der Waals surface area contributed by atoms with Gasteiger partial charge in [0, 0.05) is 22.2 Å². The minimum atomic E-state index is 0.562. The number of H-pyrrole nitrogens is 1. The van der Waals surface area contributed by atoms with Gasteiger partial charge < -0.3 is 19.2 Å². The van der Waals surface area contributed by atoms with E-state index in [0.717, 1.165) is 33.8 Å². The lowest BCUT2D eigenvalue weighted by atomic mass is 9.97. The summed E-state index contributed by atoms with van der Waals surface area (Å²) in [7, 11) is 3.31. The Balaban J connectivity index is 2.04. The Morgan fingerprint density at radius 3 is 2.59 bits per heavy atom. The number of rotatable bonds is 2. The second-order valence-electron chi connectivity index (χ2n) is 5.38. The fourth-order valence-electron chi connectivity index (χ4n) is 3.15. The van der Waals surface area contributed by atoms with Crippen LogP contribution in [0.4, 0.5) is 0 Å². The number of hydrogen-bond donors (Lipinski definition) is 1. The van der Waals surface area contributed by atoms with Gasteiger partial charge in [-0.05, 0) is 29.3 Å². The van der Waals surface area contributed by atoms with Crippen LogP contribution in [0.25, 0.3) is 22.0 Å². The highest BCUT2D eigenvalue weighted by molar-refractivity contribution is 5.98. The smallest absolute Gasteiger partial charge is 0.161 e. The Kier molecular flexibility index (Phi) is 3.05. The van der Waals surface area contributed by atoms with Crippen molar-refractivity contribution >= 4 is 10.9 Å². The Morgan fingerprint density at radius 1 is 1.00 bits per heavy atom. The van der Waals surface area contributed by atoms with Gasteiger partial charge in [-0.15, -0.1) is 0 Å². The third-order valence-corrected chi connectivity index (χ3v) is 4.17. The van der Waals surface area contributed by atoms with Crippen LogP contribution in [0.5, 0.6) is 11.5 Å². The molecule has 0 amide bonds. The monoisotopic (exact) mass is 295 g/mol. The molecule has 0 atom stereocenters. The minimum Gasteiger partial charge on any atom is -0.493 e. The molecular weight excluding hydrogens is 278 g/mol. The first-order valence-corrected chi connectivity index (χ1v) is 7.24. The van der Waals surface area contributed by atoms with E-state index >= 15 is 0 Å². The van der Waals surface area contributed by atoms with Gasteiger partial charge in [-0.3, -0.25) is 0 Å². The third-order valence-electron chi connectivity index (χ3n) is 4.17. The minimum absolute atomic E-state index is 0.562. The van der Waals surface area contributed by atoms with Crippen molar-refractivity contribution < 1.29 is 14.2 Å². The zero-order valence-corrected chi connectivity index (χ0v) is 12.6. The molecule has 4 nitrogen and oxygen atoms in total. The molecule has 112 valence electrons. The number of ether oxygens (including phenoxy) is 3. The maximum Gasteiger partial charge on any atom is 0.161 e. The number of para-hydroxylation sites is 1. The van der Waals surface area contributed by atoms with Gasteiger partial charge in [-0.1, -0.05) is 18.2 Å². The molecule has 0 fully saturated rings. The number of aromatic nitrogens is 1. The van der Waals surface area contributed by atoms with Crippen LogP contribution in [0.15, 0.2) is 36.4 Å². The summed E-state index contributed by atoms with van der Waals surface area (Å²) in [5.41, 5.74) is 5.68. The molecule has 4 rings (SSSR count). The summed E-state index contributed by atoms with van der Waals surface area (Å²) in [5.74, 6) is 1.47. The highest BCUT2D eigenvalue weighted by Crippen LogP contribution is 2.42. The summed E-state index contributed by atoms with van der Waals surface area (Å²) in [6.07, 6.45) is 0. The SMILES string of the molecule is COc1cc2c(cc1OC)-c1c([nH]c3ccccc13)COC2. The predicted molar refractivity (Wildman–Crippen MR) is 85.3 cm³/mol. The summed E-state index contributed by atoms with van der Waals surface area (Å²) < 4.78 is 16.7. The maximum atomic E-state index is 5.82. The molecule has 1 aliphatic rings. The van der Waals surface area contributed by atoms with Crippen LogP contribution in [-0.2, 0) is 18.0 Å². The zero-order valence-electron chi connectivity index (χ0n) is 12.6. The van der Waals surface area contributed by atoms with E-state index in [9.17, 15) is 0 Å². The molecule has 0 unspecified atom stereocenters. The number of methoxy groups -OCH3 is 2. The molecular formula is C18H17NO3. The molecule has 0 radical (unpaired) electrons. The van der Waals surface area contributed by atoms with Crippen LogP contribution in [0.2, 0.25) is 0 Å². The normalized spacial score (nSPS) is 13.4. The van der Waals surface area contributed by atoms with E-state index in [4.69, 9.17) is 14.2 Å². The molecule has 1 N–H and O–H groups in total. The van der Waals surface area contributed by atoms with Gasteiger partial charge in [0.1, 0.15) is 0 Å². The van der Waals surface area contributed by atoms with Crippen molar-refractivity contribution in [1.82, 2.24) is 4.98 Å². The summed E-state index contributed by atoms with van der Waals surface area (Å²) in [4.78, 5) is 3.47. The van der Waals surface area contributed by atoms with Gasteiger partial charge in [0.25, 0.3) is 0 Å². The van der Waals surface area contributed by atoms with Gasteiger partial charge >= 0.3 is 0 Å². The summed E-state index contributed by atoms with van der Waals surface area (Å²) >= 11 is 0. The van der Waals surface area contributed by atoms with Gasteiger partial charge in [-0.25, -0.2) is 0 Å². The fraction of sp³-hybridized carbons (Fsp3) is 0.222. The second kappa shape index (κ2) is 5.07. The van der Waals surface area contributed by atoms with Crippen LogP contribution >= 0.6 is 0 Å². The molecule has 1 aliphatic heterocycles. The van der Waals surface area contributed by atoms with Crippen LogP contribution in [0, 0.1) is 0 Å². The van der Waals surface area contributed by atoms with Crippen LogP contribution in [-0.4, -0.2) is 19.2 Å². The lowest BCUT2D eigenvalue weighted by Gasteiger charge is -2.13. The van der Waals surface area contributed by atoms with Gasteiger partial charge in [0.2, 0.25) is 0 Å². The van der Waals surface area contributed by atoms with E-state index < -0.39 is 0 Å². The Morgan fingerprint density at radius 2 is 1.77 bits per heavy atom. The first kappa shape index (κ1) is 13.2. The van der Waals surface area contributed by atoms with Crippen molar-refractivity contribution in [3.63, 3.8) is 0 Å². The molecule has 2 heterocycles. The lowest BCUT2D eigenvalue weighted by Crippen LogP contribution is -1.96. The molecule has 0 bridgehead atoms. The zero-order chi connectivity index (χ0) is 15.1. The first-order chi connectivity index (χ1) is 10.8. The molecule has 1 aromatic heterocycles. The third kappa shape index (κ3) is 1.88. The van der Waals surface area contributed by atoms with Crippen molar-refractivity contribution in [3.05, 3.63) is 47.7 Å². The Labute approximate surface area is 128 Å². The van der Waals surface area contributed by atoms with E-state index in [1.54, 1.807) is 14.2 Å². The van der Waals surface area contributed by atoms with E-state index in [1.165, 1.54) is 10.9 Å². The van der Waals surface area contributed by atoms with Crippen LogP contribution in [0.3, 0.4) is 0 Å². The van der Waals surface area contributed by atoms with E-state index in [1.807, 2.05) is 18.2 Å². The standard InChI is InChI=1S/C18H17NO3/c1-20-16-7-11-9-22-10-15-18(13(11)8-17(16)21-2)12-5-3-4-6-14(12)19-15/h3-8,19H,9-10H2,1-2H3. The van der Waals surface area contributed by atoms with Gasteiger partial charge in [-0.2, -0.15) is 0 Å². The predicted octanol–water partition coefficient (Wildman–Crippen LogP) is 3.88. The highest BCUT2D eigenvalue weighted by Gasteiger charge is 2.22. The van der Waals surface area contributed by atoms with E-state index in [0.29, 0.717) is 13.2 Å². The average molecular weight is 295 g/mol. The number of benzene rings is 2. The van der Waals surface area contributed by atoms with Crippen molar-refractivity contribution in [3.8, 4) is 22.6 Å². The molecule has 0 aliphatic carbocycles. The summed E-state index contributed by atoms with van der Waals surface area (Å²) in [6.45, 7) is 1.13. The topological polar surface area (TPSA) is 43.5 Å². The molecule has 2 aromatic carbocycles. The molecule has 22 heavy (non-hydrogen) atoms. The van der Waals surface area contributed by atoms with Gasteiger partial charge in [0.05, 0.1) is 27.4 Å². The molecule has 0 spiro atoms. The van der Waals surface area contributed by atoms with Crippen LogP contribution < -0.4 is 9.47 Å². The fourth-order valence-corrected chi connectivity index (χ4v) is 3.15. The molecule has 3 aromatic rings. The molecule has 4 heteroatoms. The quantitative estimate of drug-likeness (QED) is 0.780. The Bertz CT molecular complexity index is 851. The van der Waals surface area contributed by atoms with Gasteiger partial charge in [0.15, 0.2) is 11.5 Å². The van der Waals surface area contributed by atoms with Crippen molar-refractivity contribution in [2.45, 2.75) is 13.2 Å². The van der Waals surface area contributed by atoms with E-state index in [-0.39, 0.29) is 0 Å². The average Bonchev–Trinajstić information content (AvgIpc) is 2.83. The lowest BCUT2D eigenvalue weighted by molar-refractivity contribution is 0.107. The van der Waals surface area contributed by atoms with E-state index in [2.05, 4.69) is 23.2 Å². The van der Waals surface area contributed by atoms with Crippen molar-refractivity contribution in [2.24, 2.45) is 0 Å². The second-order valence-corrected chi connectivity index (χ2v) is 5.38.